The number of carbonyl (C=O) groups is 1. The largest absolute Gasteiger partial charge is 0.298 e. The number of carbonyl (C=O) groups excluding carboxylic acids is 1. The molecule has 2 fully saturated rings. The standard InChI is InChI=1S/C14H25NO/c1-10(16)13-9-11-7-5-6-8-12(11)15(13)14(2,3)4/h11-13H,5-9H2,1-4H3. The number of hydrogen-bond acceptors (Lipinski definition) is 2. The van der Waals surface area contributed by atoms with E-state index in [-0.39, 0.29) is 11.6 Å². The summed E-state index contributed by atoms with van der Waals surface area (Å²) in [5, 5.41) is 0. The topological polar surface area (TPSA) is 20.3 Å². The maximum absolute atomic E-state index is 11.8. The van der Waals surface area contributed by atoms with E-state index in [4.69, 9.17) is 0 Å². The second-order valence-corrected chi connectivity index (χ2v) is 6.55. The van der Waals surface area contributed by atoms with Gasteiger partial charge in [0.15, 0.2) is 0 Å². The third-order valence-corrected chi connectivity index (χ3v) is 4.33. The fourth-order valence-electron chi connectivity index (χ4n) is 3.79. The zero-order valence-corrected chi connectivity index (χ0v) is 11.1. The van der Waals surface area contributed by atoms with Crippen molar-refractivity contribution in [2.24, 2.45) is 5.92 Å². The Bertz CT molecular complexity index is 279. The van der Waals surface area contributed by atoms with Gasteiger partial charge in [-0.25, -0.2) is 0 Å². The molecule has 2 rings (SSSR count). The van der Waals surface area contributed by atoms with Gasteiger partial charge in [0, 0.05) is 11.6 Å². The monoisotopic (exact) mass is 223 g/mol. The molecule has 1 saturated carbocycles. The SMILES string of the molecule is CC(=O)C1CC2CCCCC2N1C(C)(C)C. The fourth-order valence-corrected chi connectivity index (χ4v) is 3.79. The molecule has 2 nitrogen and oxygen atoms in total. The van der Waals surface area contributed by atoms with Crippen LogP contribution < -0.4 is 0 Å². The van der Waals surface area contributed by atoms with Crippen molar-refractivity contribution in [2.75, 3.05) is 0 Å². The molecule has 1 aliphatic carbocycles. The minimum absolute atomic E-state index is 0.132. The molecular weight excluding hydrogens is 198 g/mol. The molecule has 0 aromatic heterocycles. The van der Waals surface area contributed by atoms with Crippen LogP contribution in [0, 0.1) is 5.92 Å². The maximum atomic E-state index is 11.8. The van der Waals surface area contributed by atoms with Crippen LogP contribution in [0.15, 0.2) is 0 Å². The van der Waals surface area contributed by atoms with Gasteiger partial charge in [-0.3, -0.25) is 9.69 Å². The van der Waals surface area contributed by atoms with Crippen LogP contribution in [-0.4, -0.2) is 28.3 Å². The van der Waals surface area contributed by atoms with Gasteiger partial charge >= 0.3 is 0 Å². The summed E-state index contributed by atoms with van der Waals surface area (Å²) < 4.78 is 0. The predicted octanol–water partition coefficient (Wildman–Crippen LogP) is 3.01. The number of fused-ring (bicyclic) bond motifs is 1. The molecule has 0 amide bonds. The van der Waals surface area contributed by atoms with Gasteiger partial charge in [-0.2, -0.15) is 0 Å². The molecule has 2 heteroatoms. The molecule has 1 aliphatic heterocycles. The van der Waals surface area contributed by atoms with E-state index in [2.05, 4.69) is 25.7 Å². The second-order valence-electron chi connectivity index (χ2n) is 6.55. The molecule has 92 valence electrons. The number of likely N-dealkylation sites (tertiary alicyclic amines) is 1. The van der Waals surface area contributed by atoms with Crippen LogP contribution in [0.25, 0.3) is 0 Å². The van der Waals surface area contributed by atoms with Gasteiger partial charge in [0.1, 0.15) is 5.78 Å². The Morgan fingerprint density at radius 3 is 2.38 bits per heavy atom. The van der Waals surface area contributed by atoms with E-state index in [1.165, 1.54) is 25.7 Å². The van der Waals surface area contributed by atoms with Crippen molar-refractivity contribution < 1.29 is 4.79 Å². The minimum Gasteiger partial charge on any atom is -0.298 e. The Morgan fingerprint density at radius 2 is 1.81 bits per heavy atom. The first-order valence-corrected chi connectivity index (χ1v) is 6.70. The summed E-state index contributed by atoms with van der Waals surface area (Å²) >= 11 is 0. The number of Topliss-reactive ketones (excluding diaryl/α,β-unsaturated/α-hetero) is 1. The van der Waals surface area contributed by atoms with Crippen molar-refractivity contribution in [3.63, 3.8) is 0 Å². The van der Waals surface area contributed by atoms with Gasteiger partial charge in [-0.05, 0) is 52.9 Å². The van der Waals surface area contributed by atoms with E-state index in [0.717, 1.165) is 12.3 Å². The van der Waals surface area contributed by atoms with Gasteiger partial charge in [-0.1, -0.05) is 12.8 Å². The van der Waals surface area contributed by atoms with Crippen molar-refractivity contribution in [3.05, 3.63) is 0 Å². The van der Waals surface area contributed by atoms with Crippen LogP contribution in [0.3, 0.4) is 0 Å². The summed E-state index contributed by atoms with van der Waals surface area (Å²) in [7, 11) is 0. The molecule has 3 unspecified atom stereocenters. The average Bonchev–Trinajstić information content (AvgIpc) is 2.55. The summed E-state index contributed by atoms with van der Waals surface area (Å²) in [5.74, 6) is 1.14. The smallest absolute Gasteiger partial charge is 0.146 e. The highest BCUT2D eigenvalue weighted by Crippen LogP contribution is 2.43. The van der Waals surface area contributed by atoms with E-state index in [9.17, 15) is 4.79 Å². The Labute approximate surface area is 99.4 Å². The Hall–Kier alpha value is -0.370. The van der Waals surface area contributed by atoms with E-state index in [0.29, 0.717) is 11.8 Å². The van der Waals surface area contributed by atoms with Crippen molar-refractivity contribution in [2.45, 2.75) is 77.4 Å². The lowest BCUT2D eigenvalue weighted by Crippen LogP contribution is -2.52. The molecule has 0 radical (unpaired) electrons. The molecule has 2 aliphatic rings. The van der Waals surface area contributed by atoms with Crippen LogP contribution in [0.5, 0.6) is 0 Å². The van der Waals surface area contributed by atoms with Crippen LogP contribution in [0.1, 0.15) is 59.8 Å². The van der Waals surface area contributed by atoms with E-state index in [1.807, 2.05) is 0 Å². The van der Waals surface area contributed by atoms with Gasteiger partial charge < -0.3 is 0 Å². The molecule has 0 N–H and O–H groups in total. The fraction of sp³-hybridized carbons (Fsp3) is 0.929. The molecule has 3 atom stereocenters. The number of nitrogens with zero attached hydrogens (tertiary/aromatic N) is 1. The zero-order valence-electron chi connectivity index (χ0n) is 11.1. The average molecular weight is 223 g/mol. The minimum atomic E-state index is 0.132. The quantitative estimate of drug-likeness (QED) is 0.681. The van der Waals surface area contributed by atoms with Crippen molar-refractivity contribution in [1.29, 1.82) is 0 Å². The van der Waals surface area contributed by atoms with Gasteiger partial charge in [0.25, 0.3) is 0 Å². The third-order valence-electron chi connectivity index (χ3n) is 4.33. The second kappa shape index (κ2) is 4.14. The van der Waals surface area contributed by atoms with Gasteiger partial charge in [0.2, 0.25) is 0 Å². The van der Waals surface area contributed by atoms with Crippen LogP contribution in [0.4, 0.5) is 0 Å². The lowest BCUT2D eigenvalue weighted by atomic mass is 9.84. The van der Waals surface area contributed by atoms with Crippen molar-refractivity contribution >= 4 is 5.78 Å². The molecule has 1 heterocycles. The molecule has 0 aromatic rings. The molecule has 1 saturated heterocycles. The zero-order chi connectivity index (χ0) is 11.9. The lowest BCUT2D eigenvalue weighted by Gasteiger charge is -2.42. The Balaban J connectivity index is 2.24. The summed E-state index contributed by atoms with van der Waals surface area (Å²) in [5.41, 5.74) is 0.132. The molecular formula is C14H25NO. The lowest BCUT2D eigenvalue weighted by molar-refractivity contribution is -0.123. The van der Waals surface area contributed by atoms with Gasteiger partial charge in [0.05, 0.1) is 6.04 Å². The first-order chi connectivity index (χ1) is 7.41. The highest BCUT2D eigenvalue weighted by atomic mass is 16.1. The Morgan fingerprint density at radius 1 is 1.19 bits per heavy atom. The first kappa shape index (κ1) is 12.1. The van der Waals surface area contributed by atoms with E-state index >= 15 is 0 Å². The summed E-state index contributed by atoms with van der Waals surface area (Å²) in [6.45, 7) is 8.51. The van der Waals surface area contributed by atoms with Gasteiger partial charge in [-0.15, -0.1) is 0 Å². The normalized spacial score (nSPS) is 36.1. The highest BCUT2D eigenvalue weighted by molar-refractivity contribution is 5.82. The van der Waals surface area contributed by atoms with Crippen molar-refractivity contribution in [3.8, 4) is 0 Å². The van der Waals surface area contributed by atoms with E-state index in [1.54, 1.807) is 6.92 Å². The molecule has 0 spiro atoms. The Kier molecular flexibility index (Phi) is 3.13. The number of ketones is 1. The molecule has 16 heavy (non-hydrogen) atoms. The van der Waals surface area contributed by atoms with Crippen molar-refractivity contribution in [1.82, 2.24) is 4.90 Å². The highest BCUT2D eigenvalue weighted by Gasteiger charge is 2.47. The van der Waals surface area contributed by atoms with E-state index < -0.39 is 0 Å². The summed E-state index contributed by atoms with van der Waals surface area (Å²) in [6, 6.07) is 0.857. The number of rotatable bonds is 1. The summed E-state index contributed by atoms with van der Waals surface area (Å²) in [4.78, 5) is 14.3. The number of hydrogen-bond donors (Lipinski definition) is 0. The molecule has 0 aromatic carbocycles. The predicted molar refractivity (Wildman–Crippen MR) is 66.4 cm³/mol. The summed E-state index contributed by atoms with van der Waals surface area (Å²) in [6.07, 6.45) is 6.45. The van der Waals surface area contributed by atoms with Crippen LogP contribution >= 0.6 is 0 Å². The van der Waals surface area contributed by atoms with Crippen LogP contribution in [0.2, 0.25) is 0 Å². The third kappa shape index (κ3) is 2.04. The van der Waals surface area contributed by atoms with Crippen LogP contribution in [-0.2, 0) is 4.79 Å². The molecule has 0 bridgehead atoms. The first-order valence-electron chi connectivity index (χ1n) is 6.70. The maximum Gasteiger partial charge on any atom is 0.146 e.